The molecule has 0 aromatic heterocycles. The van der Waals surface area contributed by atoms with Gasteiger partial charge in [-0.2, -0.15) is 0 Å². The topological polar surface area (TPSA) is 56.8 Å². The molecule has 2 aliphatic heterocycles. The molecule has 0 saturated carbocycles. The summed E-state index contributed by atoms with van der Waals surface area (Å²) in [6.45, 7) is 12.1. The number of ether oxygens (including phenoxy) is 1. The number of piperidine rings is 1. The number of carbonyl (C=O) groups is 1. The van der Waals surface area contributed by atoms with Crippen molar-refractivity contribution in [3.05, 3.63) is 29.8 Å². The van der Waals surface area contributed by atoms with Crippen LogP contribution in [0.15, 0.2) is 24.3 Å². The van der Waals surface area contributed by atoms with Gasteiger partial charge in [-0.3, -0.25) is 9.69 Å². The van der Waals surface area contributed by atoms with Gasteiger partial charge < -0.3 is 20.3 Å². The van der Waals surface area contributed by atoms with E-state index in [0.29, 0.717) is 19.2 Å². The van der Waals surface area contributed by atoms with Crippen LogP contribution in [0.4, 0.5) is 5.69 Å². The van der Waals surface area contributed by atoms with Gasteiger partial charge in [-0.05, 0) is 64.0 Å². The number of hydrogen-bond donors (Lipinski definition) is 2. The van der Waals surface area contributed by atoms with E-state index in [2.05, 4.69) is 46.4 Å². The maximum absolute atomic E-state index is 12.7. The summed E-state index contributed by atoms with van der Waals surface area (Å²) in [6.07, 6.45) is 2.06. The highest BCUT2D eigenvalue weighted by Crippen LogP contribution is 2.28. The largest absolute Gasteiger partial charge is 0.384 e. The van der Waals surface area contributed by atoms with Crippen LogP contribution < -0.4 is 15.5 Å². The Bertz CT molecular complexity index is 612. The monoisotopic (exact) mass is 388 g/mol. The molecule has 6 nitrogen and oxygen atoms in total. The zero-order chi connectivity index (χ0) is 20.0. The van der Waals surface area contributed by atoms with E-state index in [9.17, 15) is 4.79 Å². The van der Waals surface area contributed by atoms with Crippen molar-refractivity contribution in [3.63, 3.8) is 0 Å². The molecule has 28 heavy (non-hydrogen) atoms. The third kappa shape index (κ3) is 5.25. The predicted octanol–water partition coefficient (Wildman–Crippen LogP) is 1.96. The standard InChI is InChI=1S/C22H36N4O2/c1-18(2)25-12-14-26(15-13-25)20-6-4-19(5-7-20)21(27)24-16-22(17-28-3)8-10-23-11-9-22/h4-7,18,23H,8-17H2,1-3H3,(H,24,27). The van der Waals surface area contributed by atoms with Gasteiger partial charge in [-0.25, -0.2) is 0 Å². The van der Waals surface area contributed by atoms with Crippen molar-refractivity contribution >= 4 is 11.6 Å². The lowest BCUT2D eigenvalue weighted by Crippen LogP contribution is -2.48. The predicted molar refractivity (Wildman–Crippen MR) is 114 cm³/mol. The molecule has 3 rings (SSSR count). The Hall–Kier alpha value is -1.63. The Morgan fingerprint density at radius 2 is 1.79 bits per heavy atom. The van der Waals surface area contributed by atoms with E-state index in [1.807, 2.05) is 12.1 Å². The number of nitrogens with one attached hydrogen (secondary N) is 2. The first-order chi connectivity index (χ1) is 13.5. The summed E-state index contributed by atoms with van der Waals surface area (Å²) in [6, 6.07) is 8.66. The van der Waals surface area contributed by atoms with Crippen LogP contribution in [0, 0.1) is 5.41 Å². The lowest BCUT2D eigenvalue weighted by Gasteiger charge is -2.38. The van der Waals surface area contributed by atoms with Crippen LogP contribution in [-0.4, -0.2) is 76.4 Å². The Balaban J connectivity index is 1.53. The van der Waals surface area contributed by atoms with Crippen LogP contribution >= 0.6 is 0 Å². The van der Waals surface area contributed by atoms with E-state index in [1.54, 1.807) is 7.11 Å². The number of rotatable bonds is 7. The van der Waals surface area contributed by atoms with Crippen LogP contribution in [0.1, 0.15) is 37.0 Å². The van der Waals surface area contributed by atoms with Crippen molar-refractivity contribution < 1.29 is 9.53 Å². The van der Waals surface area contributed by atoms with Crippen LogP contribution in [0.2, 0.25) is 0 Å². The Morgan fingerprint density at radius 3 is 2.36 bits per heavy atom. The fourth-order valence-corrected chi connectivity index (χ4v) is 4.33. The highest BCUT2D eigenvalue weighted by atomic mass is 16.5. The van der Waals surface area contributed by atoms with Gasteiger partial charge in [0.1, 0.15) is 0 Å². The quantitative estimate of drug-likeness (QED) is 0.748. The van der Waals surface area contributed by atoms with Crippen LogP contribution in [-0.2, 0) is 4.74 Å². The van der Waals surface area contributed by atoms with Crippen LogP contribution in [0.25, 0.3) is 0 Å². The van der Waals surface area contributed by atoms with E-state index in [0.717, 1.165) is 57.7 Å². The van der Waals surface area contributed by atoms with Crippen molar-refractivity contribution in [2.45, 2.75) is 32.7 Å². The molecule has 0 unspecified atom stereocenters. The van der Waals surface area contributed by atoms with Gasteiger partial charge in [-0.15, -0.1) is 0 Å². The maximum Gasteiger partial charge on any atom is 0.251 e. The van der Waals surface area contributed by atoms with Crippen molar-refractivity contribution in [1.29, 1.82) is 0 Å². The molecular weight excluding hydrogens is 352 g/mol. The molecule has 0 aliphatic carbocycles. The van der Waals surface area contributed by atoms with Crippen molar-refractivity contribution in [2.24, 2.45) is 5.41 Å². The minimum atomic E-state index is 0.00480. The molecule has 1 aromatic rings. The molecule has 2 heterocycles. The van der Waals surface area contributed by atoms with Gasteiger partial charge in [0.25, 0.3) is 5.91 Å². The molecule has 1 aromatic carbocycles. The Morgan fingerprint density at radius 1 is 1.14 bits per heavy atom. The van der Waals surface area contributed by atoms with Crippen molar-refractivity contribution in [1.82, 2.24) is 15.5 Å². The van der Waals surface area contributed by atoms with Gasteiger partial charge in [-0.1, -0.05) is 0 Å². The first-order valence-corrected chi connectivity index (χ1v) is 10.6. The third-order valence-electron chi connectivity index (χ3n) is 6.28. The molecule has 0 atom stereocenters. The molecule has 2 aliphatic rings. The highest BCUT2D eigenvalue weighted by Gasteiger charge is 2.32. The number of hydrogen-bond acceptors (Lipinski definition) is 5. The van der Waals surface area contributed by atoms with Crippen molar-refractivity contribution in [2.75, 3.05) is 64.4 Å². The first kappa shape index (κ1) is 21.1. The minimum absolute atomic E-state index is 0.00480. The number of carbonyl (C=O) groups excluding carboxylic acids is 1. The van der Waals surface area contributed by atoms with Crippen LogP contribution in [0.5, 0.6) is 0 Å². The summed E-state index contributed by atoms with van der Waals surface area (Å²) in [5.41, 5.74) is 1.98. The van der Waals surface area contributed by atoms with E-state index in [4.69, 9.17) is 4.74 Å². The third-order valence-corrected chi connectivity index (χ3v) is 6.28. The number of benzene rings is 1. The van der Waals surface area contributed by atoms with E-state index in [-0.39, 0.29) is 11.3 Å². The van der Waals surface area contributed by atoms with Crippen molar-refractivity contribution in [3.8, 4) is 0 Å². The fraction of sp³-hybridized carbons (Fsp3) is 0.682. The van der Waals surface area contributed by atoms with Gasteiger partial charge in [0.2, 0.25) is 0 Å². The molecule has 0 bridgehead atoms. The lowest BCUT2D eigenvalue weighted by molar-refractivity contribution is 0.0512. The van der Waals surface area contributed by atoms with Gasteiger partial charge in [0, 0.05) is 62.5 Å². The molecule has 0 radical (unpaired) electrons. The Kier molecular flexibility index (Phi) is 7.32. The Labute approximate surface area is 169 Å². The lowest BCUT2D eigenvalue weighted by atomic mass is 9.79. The molecular formula is C22H36N4O2. The molecule has 6 heteroatoms. The molecule has 156 valence electrons. The second kappa shape index (κ2) is 9.72. The summed E-state index contributed by atoms with van der Waals surface area (Å²) in [5, 5.41) is 6.53. The maximum atomic E-state index is 12.7. The summed E-state index contributed by atoms with van der Waals surface area (Å²) in [4.78, 5) is 17.6. The molecule has 0 spiro atoms. The van der Waals surface area contributed by atoms with Gasteiger partial charge >= 0.3 is 0 Å². The fourth-order valence-electron chi connectivity index (χ4n) is 4.33. The molecule has 2 saturated heterocycles. The highest BCUT2D eigenvalue weighted by molar-refractivity contribution is 5.94. The summed E-state index contributed by atoms with van der Waals surface area (Å²) in [7, 11) is 1.74. The first-order valence-electron chi connectivity index (χ1n) is 10.6. The number of nitrogens with zero attached hydrogens (tertiary/aromatic N) is 2. The van der Waals surface area contributed by atoms with E-state index in [1.165, 1.54) is 5.69 Å². The average Bonchev–Trinajstić information content (AvgIpc) is 2.73. The van der Waals surface area contributed by atoms with Crippen LogP contribution in [0.3, 0.4) is 0 Å². The number of methoxy groups -OCH3 is 1. The molecule has 2 fully saturated rings. The smallest absolute Gasteiger partial charge is 0.251 e. The van der Waals surface area contributed by atoms with Gasteiger partial charge in [0.15, 0.2) is 0 Å². The normalized spacial score (nSPS) is 20.4. The zero-order valence-corrected chi connectivity index (χ0v) is 17.7. The number of amides is 1. The minimum Gasteiger partial charge on any atom is -0.384 e. The second-order valence-electron chi connectivity index (χ2n) is 8.53. The second-order valence-corrected chi connectivity index (χ2v) is 8.53. The van der Waals surface area contributed by atoms with E-state index >= 15 is 0 Å². The number of anilines is 1. The SMILES string of the molecule is COCC1(CNC(=O)c2ccc(N3CCN(C(C)C)CC3)cc2)CCNCC1. The molecule has 1 amide bonds. The summed E-state index contributed by atoms with van der Waals surface area (Å²) < 4.78 is 5.44. The van der Waals surface area contributed by atoms with E-state index < -0.39 is 0 Å². The number of piperazine rings is 1. The molecule has 2 N–H and O–H groups in total. The summed E-state index contributed by atoms with van der Waals surface area (Å²) >= 11 is 0. The average molecular weight is 389 g/mol. The zero-order valence-electron chi connectivity index (χ0n) is 17.7. The van der Waals surface area contributed by atoms with Gasteiger partial charge in [0.05, 0.1) is 6.61 Å². The summed E-state index contributed by atoms with van der Waals surface area (Å²) in [5.74, 6) is 0.00480.